The standard InChI is InChI=1S/C50H68ClN3O6/c1-27(2)38-34(55)25-50(43(59)54-46(7,8)42-52-26-33(53-42)28-12-14-29(51)15-13-28)23-22-48(10)30(39(38)50)16-17-36-47(9)20-19-37(45(5,6)35(47)18-21-49(36,48)11)60-41(58)32-24-31(40(56)57)44(32,3)4/h12-15,26-27,30-32,35-37H,16-25H2,1-11H3,(H,52,53)(H,54,59)(H,56,57)/t30-,31+,32-,35+,36-,37+,47+,48-,49-,50?/m1/s1. The summed E-state index contributed by atoms with van der Waals surface area (Å²) in [6.45, 7) is 24.1. The Kier molecular flexibility index (Phi) is 10.1. The first-order valence-electron chi connectivity index (χ1n) is 22.7. The molecule has 3 N–H and O–H groups in total. The molecule has 9 nitrogen and oxygen atoms in total. The van der Waals surface area contributed by atoms with Crippen molar-refractivity contribution in [1.82, 2.24) is 15.3 Å². The number of ether oxygens (including phenoxy) is 1. The number of aromatic nitrogens is 2. The number of benzene rings is 1. The van der Waals surface area contributed by atoms with Gasteiger partial charge in [-0.1, -0.05) is 86.0 Å². The molecule has 6 aliphatic carbocycles. The van der Waals surface area contributed by atoms with Gasteiger partial charge in [-0.3, -0.25) is 19.2 Å². The van der Waals surface area contributed by atoms with Gasteiger partial charge in [0.15, 0.2) is 5.78 Å². The Bertz CT molecular complexity index is 2150. The molecular weight excluding hydrogens is 774 g/mol. The molecule has 6 aliphatic rings. The largest absolute Gasteiger partial charge is 0.481 e. The molecule has 1 aromatic carbocycles. The first-order valence-corrected chi connectivity index (χ1v) is 23.1. The number of hydrogen-bond acceptors (Lipinski definition) is 6. The van der Waals surface area contributed by atoms with E-state index < -0.39 is 34.2 Å². The number of imidazole rings is 1. The molecule has 1 unspecified atom stereocenters. The van der Waals surface area contributed by atoms with Crippen LogP contribution in [0.4, 0.5) is 0 Å². The molecule has 1 heterocycles. The van der Waals surface area contributed by atoms with Crippen molar-refractivity contribution in [2.45, 2.75) is 152 Å². The number of Topliss-reactive ketones (excluding diaryl/α,β-unsaturated/α-hetero) is 1. The number of rotatable bonds is 8. The van der Waals surface area contributed by atoms with E-state index in [0.717, 1.165) is 67.3 Å². The highest BCUT2D eigenvalue weighted by atomic mass is 35.5. The van der Waals surface area contributed by atoms with E-state index in [1.165, 1.54) is 0 Å². The second-order valence-corrected chi connectivity index (χ2v) is 23.2. The number of fused-ring (bicyclic) bond motifs is 7. The Morgan fingerprint density at radius 3 is 2.20 bits per heavy atom. The lowest BCUT2D eigenvalue weighted by atomic mass is 9.33. The minimum absolute atomic E-state index is 0.0163. The van der Waals surface area contributed by atoms with Gasteiger partial charge < -0.3 is 20.1 Å². The molecule has 1 amide bonds. The van der Waals surface area contributed by atoms with Gasteiger partial charge in [-0.25, -0.2) is 4.98 Å². The predicted octanol–water partition coefficient (Wildman–Crippen LogP) is 10.7. The lowest BCUT2D eigenvalue weighted by molar-refractivity contribution is -0.236. The summed E-state index contributed by atoms with van der Waals surface area (Å²) in [5.41, 5.74) is 1.13. The Morgan fingerprint density at radius 1 is 0.883 bits per heavy atom. The predicted molar refractivity (Wildman–Crippen MR) is 233 cm³/mol. The van der Waals surface area contributed by atoms with E-state index >= 15 is 4.79 Å². The zero-order valence-corrected chi connectivity index (χ0v) is 38.6. The van der Waals surface area contributed by atoms with E-state index in [9.17, 15) is 19.5 Å². The lowest BCUT2D eigenvalue weighted by Crippen LogP contribution is -2.66. The molecule has 10 atom stereocenters. The number of aromatic amines is 1. The van der Waals surface area contributed by atoms with Crippen LogP contribution < -0.4 is 5.32 Å². The van der Waals surface area contributed by atoms with Crippen molar-refractivity contribution in [2.75, 3.05) is 0 Å². The van der Waals surface area contributed by atoms with Gasteiger partial charge in [0.1, 0.15) is 11.9 Å². The quantitative estimate of drug-likeness (QED) is 0.225. The van der Waals surface area contributed by atoms with Gasteiger partial charge in [-0.05, 0) is 146 Å². The van der Waals surface area contributed by atoms with Gasteiger partial charge in [0.25, 0.3) is 0 Å². The average molecular weight is 843 g/mol. The summed E-state index contributed by atoms with van der Waals surface area (Å²) >= 11 is 6.15. The molecule has 60 heavy (non-hydrogen) atoms. The van der Waals surface area contributed by atoms with Gasteiger partial charge in [0, 0.05) is 16.9 Å². The van der Waals surface area contributed by atoms with Gasteiger partial charge in [-0.15, -0.1) is 0 Å². The number of amides is 1. The molecular formula is C50H68ClN3O6. The van der Waals surface area contributed by atoms with Gasteiger partial charge >= 0.3 is 11.9 Å². The Hall–Kier alpha value is -3.46. The molecule has 5 saturated carbocycles. The minimum atomic E-state index is -0.891. The van der Waals surface area contributed by atoms with Crippen molar-refractivity contribution in [2.24, 2.45) is 68.0 Å². The van der Waals surface area contributed by atoms with E-state index in [4.69, 9.17) is 21.3 Å². The van der Waals surface area contributed by atoms with E-state index in [0.29, 0.717) is 35.5 Å². The van der Waals surface area contributed by atoms with Crippen molar-refractivity contribution in [3.63, 3.8) is 0 Å². The molecule has 10 heteroatoms. The molecule has 0 spiro atoms. The molecule has 0 aliphatic heterocycles. The number of halogens is 1. The summed E-state index contributed by atoms with van der Waals surface area (Å²) in [7, 11) is 0. The van der Waals surface area contributed by atoms with Crippen LogP contribution in [0.1, 0.15) is 146 Å². The Morgan fingerprint density at radius 2 is 1.57 bits per heavy atom. The van der Waals surface area contributed by atoms with Crippen LogP contribution in [-0.2, 0) is 29.5 Å². The topological polar surface area (TPSA) is 138 Å². The number of carboxylic acid groups (broad SMARTS) is 1. The molecule has 5 fully saturated rings. The van der Waals surface area contributed by atoms with Crippen molar-refractivity contribution in [3.05, 3.63) is 52.5 Å². The van der Waals surface area contributed by atoms with Gasteiger partial charge in [-0.2, -0.15) is 0 Å². The van der Waals surface area contributed by atoms with Crippen LogP contribution in [-0.4, -0.2) is 44.8 Å². The number of carbonyl (C=O) groups excluding carboxylic acids is 3. The maximum atomic E-state index is 15.1. The number of esters is 1. The zero-order valence-electron chi connectivity index (χ0n) is 37.8. The number of aliphatic carboxylic acids is 1. The van der Waals surface area contributed by atoms with Crippen LogP contribution in [0.2, 0.25) is 5.02 Å². The van der Waals surface area contributed by atoms with Crippen LogP contribution in [0.5, 0.6) is 0 Å². The number of H-pyrrole nitrogens is 1. The summed E-state index contributed by atoms with van der Waals surface area (Å²) in [5.74, 6) is -0.358. The second kappa shape index (κ2) is 14.0. The van der Waals surface area contributed by atoms with E-state index in [-0.39, 0.29) is 63.7 Å². The Balaban J connectivity index is 1.05. The molecule has 1 aromatic heterocycles. The van der Waals surface area contributed by atoms with E-state index in [1.807, 2.05) is 52.0 Å². The molecule has 8 rings (SSSR count). The zero-order chi connectivity index (χ0) is 43.7. The number of carboxylic acids is 1. The van der Waals surface area contributed by atoms with Crippen LogP contribution in [0.15, 0.2) is 41.6 Å². The van der Waals surface area contributed by atoms with Crippen LogP contribution in [0, 0.1) is 68.0 Å². The van der Waals surface area contributed by atoms with Crippen molar-refractivity contribution in [1.29, 1.82) is 0 Å². The van der Waals surface area contributed by atoms with Crippen LogP contribution in [0.3, 0.4) is 0 Å². The highest BCUT2D eigenvalue weighted by molar-refractivity contribution is 6.30. The summed E-state index contributed by atoms with van der Waals surface area (Å²) in [4.78, 5) is 63.1. The van der Waals surface area contributed by atoms with Crippen molar-refractivity contribution < 1.29 is 29.0 Å². The average Bonchev–Trinajstić information content (AvgIpc) is 3.77. The maximum Gasteiger partial charge on any atom is 0.309 e. The number of hydrogen-bond donors (Lipinski definition) is 3. The summed E-state index contributed by atoms with van der Waals surface area (Å²) < 4.78 is 6.43. The van der Waals surface area contributed by atoms with Gasteiger partial charge in [0.05, 0.1) is 34.7 Å². The lowest BCUT2D eigenvalue weighted by Gasteiger charge is -2.72. The van der Waals surface area contributed by atoms with E-state index in [1.54, 1.807) is 6.20 Å². The van der Waals surface area contributed by atoms with E-state index in [2.05, 4.69) is 58.8 Å². The minimum Gasteiger partial charge on any atom is -0.481 e. The summed E-state index contributed by atoms with van der Waals surface area (Å²) in [6, 6.07) is 7.58. The fourth-order valence-electron chi connectivity index (χ4n) is 14.9. The maximum absolute atomic E-state index is 15.1. The number of nitrogens with zero attached hydrogens (tertiary/aromatic N) is 1. The fraction of sp³-hybridized carbons (Fsp3) is 0.700. The molecule has 2 aromatic rings. The van der Waals surface area contributed by atoms with Gasteiger partial charge in [0.2, 0.25) is 5.91 Å². The van der Waals surface area contributed by atoms with Crippen molar-refractivity contribution >= 4 is 35.2 Å². The molecule has 0 bridgehead atoms. The van der Waals surface area contributed by atoms with Crippen LogP contribution in [0.25, 0.3) is 11.3 Å². The SMILES string of the molecule is CC(C)C1=C2[C@H]3CC[C@@H]4[C@@]5(C)CC[C@H](OC(=O)[C@H]6C[C@@H](C(=O)O)C6(C)C)C(C)(C)[C@@H]5CC[C@@]4(C)[C@]3(C)CCC2(C(=O)NC(C)(C)c2ncc(-c3ccc(Cl)cc3)[nH]2)CC1=O. The molecule has 0 radical (unpaired) electrons. The molecule has 0 saturated heterocycles. The smallest absolute Gasteiger partial charge is 0.309 e. The summed E-state index contributed by atoms with van der Waals surface area (Å²) in [6.07, 6.45) is 9.46. The third kappa shape index (κ3) is 6.07. The number of ketones is 1. The first-order chi connectivity index (χ1) is 27.8. The number of nitrogens with one attached hydrogen (secondary N) is 2. The number of carbonyl (C=O) groups is 4. The normalized spacial score (nSPS) is 37.9. The summed E-state index contributed by atoms with van der Waals surface area (Å²) in [5, 5.41) is 13.8. The second-order valence-electron chi connectivity index (χ2n) is 22.8. The highest BCUT2D eigenvalue weighted by Gasteiger charge is 2.71. The van der Waals surface area contributed by atoms with Crippen molar-refractivity contribution in [3.8, 4) is 11.3 Å². The van der Waals surface area contributed by atoms with Crippen LogP contribution >= 0.6 is 11.6 Å². The first kappa shape index (κ1) is 43.2. The third-order valence-electron chi connectivity index (χ3n) is 18.7. The Labute approximate surface area is 362 Å². The number of allylic oxidation sites excluding steroid dienone is 1. The third-order valence-corrected chi connectivity index (χ3v) is 18.9. The molecule has 326 valence electrons. The monoisotopic (exact) mass is 841 g/mol. The highest BCUT2D eigenvalue weighted by Crippen LogP contribution is 2.77. The fourth-order valence-corrected chi connectivity index (χ4v) is 15.1.